The van der Waals surface area contributed by atoms with Gasteiger partial charge in [0.25, 0.3) is 0 Å². The van der Waals surface area contributed by atoms with E-state index in [1.165, 1.54) is 11.3 Å². The number of rotatable bonds is 10. The van der Waals surface area contributed by atoms with Gasteiger partial charge in [0, 0.05) is 25.1 Å². The van der Waals surface area contributed by atoms with Crippen molar-refractivity contribution >= 4 is 52.2 Å². The topological polar surface area (TPSA) is 80.8 Å². The zero-order valence-corrected chi connectivity index (χ0v) is 18.6. The van der Waals surface area contributed by atoms with Gasteiger partial charge < -0.3 is 19.7 Å². The molecule has 1 N–H and O–H groups in total. The predicted octanol–water partition coefficient (Wildman–Crippen LogP) is 5.09. The minimum Gasteiger partial charge on any atom is -0.461 e. The molecule has 0 unspecified atom stereocenters. The Kier molecular flexibility index (Phi) is 9.66. The Balaban J connectivity index is 2.10. The summed E-state index contributed by atoms with van der Waals surface area (Å²) >= 11 is 13.5. The number of amides is 2. The quantitative estimate of drug-likeness (QED) is 0.395. The normalized spacial score (nSPS) is 10.6. The van der Waals surface area contributed by atoms with Crippen molar-refractivity contribution in [2.75, 3.05) is 31.7 Å². The molecule has 0 fully saturated rings. The summed E-state index contributed by atoms with van der Waals surface area (Å²) in [5.41, 5.74) is 0.657. The highest BCUT2D eigenvalue weighted by atomic mass is 35.5. The van der Waals surface area contributed by atoms with Gasteiger partial charge in [0.05, 0.1) is 28.9 Å². The molecule has 0 saturated heterocycles. The van der Waals surface area contributed by atoms with Crippen molar-refractivity contribution in [3.8, 4) is 0 Å². The van der Waals surface area contributed by atoms with Crippen LogP contribution in [0, 0.1) is 0 Å². The van der Waals surface area contributed by atoms with E-state index in [0.29, 0.717) is 41.9 Å². The smallest absolute Gasteiger partial charge is 0.357 e. The summed E-state index contributed by atoms with van der Waals surface area (Å²) in [7, 11) is 0. The first-order valence-electron chi connectivity index (χ1n) is 9.15. The molecular weight excluding hydrogens is 437 g/mol. The lowest BCUT2D eigenvalue weighted by molar-refractivity contribution is 0.0520. The minimum absolute atomic E-state index is 0.236. The van der Waals surface area contributed by atoms with E-state index in [9.17, 15) is 9.59 Å². The molecule has 0 atom stereocenters. The molecule has 10 heteroatoms. The SMILES string of the molecule is CCOCCCN(Cc1nc(C(=O)OCC)cs1)C(=O)Nc1cccc(Cl)c1Cl. The van der Waals surface area contributed by atoms with E-state index >= 15 is 0 Å². The zero-order valence-electron chi connectivity index (χ0n) is 16.2. The molecule has 158 valence electrons. The fourth-order valence-corrected chi connectivity index (χ4v) is 3.52. The van der Waals surface area contributed by atoms with E-state index in [1.54, 1.807) is 35.4 Å². The second-order valence-corrected chi connectivity index (χ2v) is 7.58. The number of benzene rings is 1. The van der Waals surface area contributed by atoms with Gasteiger partial charge in [-0.3, -0.25) is 0 Å². The van der Waals surface area contributed by atoms with E-state index in [-0.39, 0.29) is 29.9 Å². The van der Waals surface area contributed by atoms with E-state index < -0.39 is 5.97 Å². The van der Waals surface area contributed by atoms with Gasteiger partial charge in [-0.05, 0) is 32.4 Å². The number of hydrogen-bond donors (Lipinski definition) is 1. The molecule has 0 saturated carbocycles. The van der Waals surface area contributed by atoms with Gasteiger partial charge in [0.15, 0.2) is 5.69 Å². The average Bonchev–Trinajstić information content (AvgIpc) is 3.17. The first-order chi connectivity index (χ1) is 14.0. The molecular formula is C19H23Cl2N3O4S. The number of carbonyl (C=O) groups is 2. The predicted molar refractivity (Wildman–Crippen MR) is 115 cm³/mol. The number of aromatic nitrogens is 1. The maximum absolute atomic E-state index is 12.8. The average molecular weight is 460 g/mol. The van der Waals surface area contributed by atoms with Crippen LogP contribution in [-0.2, 0) is 16.0 Å². The number of hydrogen-bond acceptors (Lipinski definition) is 6. The maximum atomic E-state index is 12.8. The Morgan fingerprint density at radius 1 is 1.24 bits per heavy atom. The highest BCUT2D eigenvalue weighted by Crippen LogP contribution is 2.29. The summed E-state index contributed by atoms with van der Waals surface area (Å²) in [6, 6.07) is 4.67. The van der Waals surface area contributed by atoms with Crippen molar-refractivity contribution in [2.24, 2.45) is 0 Å². The number of carbonyl (C=O) groups excluding carboxylic acids is 2. The van der Waals surface area contributed by atoms with Crippen LogP contribution < -0.4 is 5.32 Å². The molecule has 0 spiro atoms. The molecule has 1 aromatic heterocycles. The number of anilines is 1. The molecule has 2 rings (SSSR count). The molecule has 7 nitrogen and oxygen atoms in total. The molecule has 1 heterocycles. The van der Waals surface area contributed by atoms with Gasteiger partial charge in [-0.25, -0.2) is 14.6 Å². The van der Waals surface area contributed by atoms with Crippen LogP contribution in [0.1, 0.15) is 35.8 Å². The molecule has 2 amide bonds. The minimum atomic E-state index is -0.479. The fourth-order valence-electron chi connectivity index (χ4n) is 2.39. The highest BCUT2D eigenvalue weighted by Gasteiger charge is 2.19. The zero-order chi connectivity index (χ0) is 21.2. The number of ether oxygens (including phenoxy) is 2. The van der Waals surface area contributed by atoms with Crippen molar-refractivity contribution in [3.63, 3.8) is 0 Å². The Labute approximate surface area is 183 Å². The summed E-state index contributed by atoms with van der Waals surface area (Å²) in [5, 5.41) is 5.65. The number of nitrogens with one attached hydrogen (secondary N) is 1. The van der Waals surface area contributed by atoms with Crippen molar-refractivity contribution < 1.29 is 19.1 Å². The standard InChI is InChI=1S/C19H23Cl2N3O4S/c1-3-27-10-6-9-24(11-16-22-15(12-29-16)18(25)28-4-2)19(26)23-14-8-5-7-13(20)17(14)21/h5,7-8,12H,3-4,6,9-11H2,1-2H3,(H,23,26). The summed E-state index contributed by atoms with van der Waals surface area (Å²) in [6.45, 7) is 5.75. The lowest BCUT2D eigenvalue weighted by atomic mass is 10.3. The molecule has 2 aromatic rings. The van der Waals surface area contributed by atoms with Gasteiger partial charge >= 0.3 is 12.0 Å². The van der Waals surface area contributed by atoms with Crippen LogP contribution >= 0.6 is 34.5 Å². The maximum Gasteiger partial charge on any atom is 0.357 e. The first kappa shape index (κ1) is 23.4. The van der Waals surface area contributed by atoms with Gasteiger partial charge in [-0.15, -0.1) is 11.3 Å². The summed E-state index contributed by atoms with van der Waals surface area (Å²) in [6.07, 6.45) is 0.653. The Morgan fingerprint density at radius 2 is 2.03 bits per heavy atom. The van der Waals surface area contributed by atoms with E-state index in [2.05, 4.69) is 10.3 Å². The van der Waals surface area contributed by atoms with Crippen LogP contribution in [0.4, 0.5) is 10.5 Å². The number of thiazole rings is 1. The molecule has 0 bridgehead atoms. The number of nitrogens with zero attached hydrogens (tertiary/aromatic N) is 2. The largest absolute Gasteiger partial charge is 0.461 e. The van der Waals surface area contributed by atoms with Crippen molar-refractivity contribution in [2.45, 2.75) is 26.8 Å². The van der Waals surface area contributed by atoms with E-state index in [1.807, 2.05) is 6.92 Å². The molecule has 0 aliphatic rings. The third-order valence-corrected chi connectivity index (χ3v) is 5.42. The van der Waals surface area contributed by atoms with Crippen molar-refractivity contribution in [1.82, 2.24) is 9.88 Å². The Bertz CT molecular complexity index is 832. The fraction of sp³-hybridized carbons (Fsp3) is 0.421. The lowest BCUT2D eigenvalue weighted by Crippen LogP contribution is -2.35. The van der Waals surface area contributed by atoms with Gasteiger partial charge in [-0.1, -0.05) is 29.3 Å². The summed E-state index contributed by atoms with van der Waals surface area (Å²) < 4.78 is 10.3. The third kappa shape index (κ3) is 7.15. The van der Waals surface area contributed by atoms with Gasteiger partial charge in [0.2, 0.25) is 0 Å². The van der Waals surface area contributed by atoms with Crippen LogP contribution in [0.15, 0.2) is 23.6 Å². The number of halogens is 2. The van der Waals surface area contributed by atoms with Crippen LogP contribution in [0.5, 0.6) is 0 Å². The molecule has 0 radical (unpaired) electrons. The third-order valence-electron chi connectivity index (χ3n) is 3.76. The van der Waals surface area contributed by atoms with E-state index in [0.717, 1.165) is 0 Å². The Hall–Kier alpha value is -1.87. The number of urea groups is 1. The van der Waals surface area contributed by atoms with Crippen molar-refractivity contribution in [1.29, 1.82) is 0 Å². The molecule has 0 aliphatic carbocycles. The van der Waals surface area contributed by atoms with Crippen LogP contribution in [0.3, 0.4) is 0 Å². The number of esters is 1. The van der Waals surface area contributed by atoms with Gasteiger partial charge in [-0.2, -0.15) is 0 Å². The molecule has 29 heavy (non-hydrogen) atoms. The summed E-state index contributed by atoms with van der Waals surface area (Å²) in [5.74, 6) is -0.479. The summed E-state index contributed by atoms with van der Waals surface area (Å²) in [4.78, 5) is 30.5. The second-order valence-electron chi connectivity index (χ2n) is 5.85. The molecule has 1 aromatic carbocycles. The van der Waals surface area contributed by atoms with Crippen molar-refractivity contribution in [3.05, 3.63) is 44.3 Å². The Morgan fingerprint density at radius 3 is 2.76 bits per heavy atom. The van der Waals surface area contributed by atoms with Gasteiger partial charge in [0.1, 0.15) is 5.01 Å². The monoisotopic (exact) mass is 459 g/mol. The first-order valence-corrected chi connectivity index (χ1v) is 10.8. The molecule has 0 aliphatic heterocycles. The second kappa shape index (κ2) is 12.0. The van der Waals surface area contributed by atoms with Crippen LogP contribution in [0.2, 0.25) is 10.0 Å². The van der Waals surface area contributed by atoms with Crippen LogP contribution in [0.25, 0.3) is 0 Å². The van der Waals surface area contributed by atoms with E-state index in [4.69, 9.17) is 32.7 Å². The highest BCUT2D eigenvalue weighted by molar-refractivity contribution is 7.09. The van der Waals surface area contributed by atoms with Crippen LogP contribution in [-0.4, -0.2) is 48.2 Å². The lowest BCUT2D eigenvalue weighted by Gasteiger charge is -2.22.